The minimum absolute atomic E-state index is 0.0330. The number of amides is 2. The van der Waals surface area contributed by atoms with Gasteiger partial charge in [-0.2, -0.15) is 0 Å². The van der Waals surface area contributed by atoms with Gasteiger partial charge < -0.3 is 10.2 Å². The van der Waals surface area contributed by atoms with Gasteiger partial charge in [0.2, 0.25) is 11.8 Å². The van der Waals surface area contributed by atoms with Crippen molar-refractivity contribution in [3.05, 3.63) is 48.5 Å². The smallest absolute Gasteiger partial charge is 0.228 e. The van der Waals surface area contributed by atoms with Crippen LogP contribution in [0.1, 0.15) is 52.0 Å². The summed E-state index contributed by atoms with van der Waals surface area (Å²) in [6.07, 6.45) is 8.62. The van der Waals surface area contributed by atoms with Crippen LogP contribution in [0.3, 0.4) is 0 Å². The van der Waals surface area contributed by atoms with Crippen LogP contribution in [0.4, 0.5) is 0 Å². The molecule has 3 rings (SSSR count). The van der Waals surface area contributed by atoms with Gasteiger partial charge in [0, 0.05) is 43.5 Å². The molecule has 1 fully saturated rings. The van der Waals surface area contributed by atoms with Crippen LogP contribution in [0.15, 0.2) is 43.0 Å². The Morgan fingerprint density at radius 2 is 1.93 bits per heavy atom. The number of nitrogens with one attached hydrogen (secondary N) is 1. The van der Waals surface area contributed by atoms with E-state index >= 15 is 0 Å². The molecule has 1 aliphatic heterocycles. The summed E-state index contributed by atoms with van der Waals surface area (Å²) in [5.41, 5.74) is 2.41. The van der Waals surface area contributed by atoms with Crippen LogP contribution in [-0.2, 0) is 16.0 Å². The van der Waals surface area contributed by atoms with E-state index in [1.165, 1.54) is 6.33 Å². The van der Waals surface area contributed by atoms with Crippen molar-refractivity contribution >= 4 is 11.8 Å². The first-order chi connectivity index (χ1) is 14.4. The number of piperidine rings is 1. The summed E-state index contributed by atoms with van der Waals surface area (Å²) in [6, 6.07) is 8.16. The van der Waals surface area contributed by atoms with Gasteiger partial charge in [0.25, 0.3) is 0 Å². The Labute approximate surface area is 179 Å². The molecule has 6 nitrogen and oxygen atoms in total. The largest absolute Gasteiger partial charge is 0.353 e. The highest BCUT2D eigenvalue weighted by Crippen LogP contribution is 2.37. The van der Waals surface area contributed by atoms with Crippen LogP contribution in [0.2, 0.25) is 0 Å². The molecular formula is C24H32N4O2. The molecule has 2 heterocycles. The van der Waals surface area contributed by atoms with Crippen molar-refractivity contribution in [1.82, 2.24) is 20.2 Å². The number of aromatic nitrogens is 2. The van der Waals surface area contributed by atoms with Gasteiger partial charge in [-0.15, -0.1) is 0 Å². The van der Waals surface area contributed by atoms with Crippen molar-refractivity contribution < 1.29 is 9.59 Å². The quantitative estimate of drug-likeness (QED) is 0.759. The molecule has 1 unspecified atom stereocenters. The van der Waals surface area contributed by atoms with Crippen LogP contribution >= 0.6 is 0 Å². The van der Waals surface area contributed by atoms with Gasteiger partial charge in [-0.25, -0.2) is 9.97 Å². The number of likely N-dealkylation sites (tertiary alicyclic amines) is 1. The minimum Gasteiger partial charge on any atom is -0.353 e. The highest BCUT2D eigenvalue weighted by atomic mass is 16.2. The SMILES string of the molecule is CCCC(=O)N1CCCC(Cc2ccccc2-c2cncnc2)(C(=O)NC(C)C)C1. The molecule has 0 aliphatic carbocycles. The molecule has 1 aromatic carbocycles. The van der Waals surface area contributed by atoms with Gasteiger partial charge in [-0.1, -0.05) is 31.2 Å². The van der Waals surface area contributed by atoms with Crippen LogP contribution in [-0.4, -0.2) is 45.8 Å². The molecule has 1 atom stereocenters. The van der Waals surface area contributed by atoms with E-state index < -0.39 is 5.41 Å². The van der Waals surface area contributed by atoms with E-state index in [1.54, 1.807) is 12.4 Å². The van der Waals surface area contributed by atoms with Crippen molar-refractivity contribution in [2.45, 2.75) is 58.9 Å². The lowest BCUT2D eigenvalue weighted by Gasteiger charge is -2.42. The number of carbonyl (C=O) groups excluding carboxylic acids is 2. The molecule has 2 amide bonds. The zero-order valence-electron chi connectivity index (χ0n) is 18.2. The Morgan fingerprint density at radius 3 is 2.63 bits per heavy atom. The number of hydrogen-bond acceptors (Lipinski definition) is 4. The van der Waals surface area contributed by atoms with Crippen LogP contribution in [0, 0.1) is 5.41 Å². The minimum atomic E-state index is -0.641. The fourth-order valence-electron chi connectivity index (χ4n) is 4.30. The second kappa shape index (κ2) is 9.83. The van der Waals surface area contributed by atoms with E-state index in [0.717, 1.165) is 42.5 Å². The van der Waals surface area contributed by atoms with Crippen molar-refractivity contribution in [3.63, 3.8) is 0 Å². The lowest BCUT2D eigenvalue weighted by molar-refractivity contribution is -0.142. The predicted octanol–water partition coefficient (Wildman–Crippen LogP) is 3.62. The van der Waals surface area contributed by atoms with Crippen molar-refractivity contribution in [2.24, 2.45) is 5.41 Å². The lowest BCUT2D eigenvalue weighted by atomic mass is 9.73. The molecule has 0 radical (unpaired) electrons. The second-order valence-corrected chi connectivity index (χ2v) is 8.54. The maximum absolute atomic E-state index is 13.4. The number of carbonyl (C=O) groups is 2. The third-order valence-corrected chi connectivity index (χ3v) is 5.71. The summed E-state index contributed by atoms with van der Waals surface area (Å²) in [7, 11) is 0. The summed E-state index contributed by atoms with van der Waals surface area (Å²) < 4.78 is 0. The zero-order valence-corrected chi connectivity index (χ0v) is 18.2. The first-order valence-corrected chi connectivity index (χ1v) is 10.9. The number of rotatable bonds is 7. The zero-order chi connectivity index (χ0) is 21.6. The monoisotopic (exact) mass is 408 g/mol. The number of benzene rings is 1. The first kappa shape index (κ1) is 21.9. The second-order valence-electron chi connectivity index (χ2n) is 8.54. The van der Waals surface area contributed by atoms with E-state index in [9.17, 15) is 9.59 Å². The van der Waals surface area contributed by atoms with Gasteiger partial charge in [0.1, 0.15) is 6.33 Å². The fourth-order valence-corrected chi connectivity index (χ4v) is 4.30. The van der Waals surface area contributed by atoms with Gasteiger partial charge in [-0.05, 0) is 50.7 Å². The summed E-state index contributed by atoms with van der Waals surface area (Å²) in [5, 5.41) is 3.12. The highest BCUT2D eigenvalue weighted by molar-refractivity contribution is 5.85. The summed E-state index contributed by atoms with van der Waals surface area (Å²) in [4.78, 5) is 36.3. The van der Waals surface area contributed by atoms with E-state index in [2.05, 4.69) is 21.4 Å². The van der Waals surface area contributed by atoms with Crippen LogP contribution < -0.4 is 5.32 Å². The molecular weight excluding hydrogens is 376 g/mol. The van der Waals surface area contributed by atoms with Crippen molar-refractivity contribution in [1.29, 1.82) is 0 Å². The molecule has 30 heavy (non-hydrogen) atoms. The molecule has 0 spiro atoms. The van der Waals surface area contributed by atoms with Crippen LogP contribution in [0.25, 0.3) is 11.1 Å². The molecule has 1 saturated heterocycles. The van der Waals surface area contributed by atoms with Crippen molar-refractivity contribution in [2.75, 3.05) is 13.1 Å². The molecule has 6 heteroatoms. The summed E-state index contributed by atoms with van der Waals surface area (Å²) in [5.74, 6) is 0.175. The number of hydrogen-bond donors (Lipinski definition) is 1. The Hall–Kier alpha value is -2.76. The van der Waals surface area contributed by atoms with Crippen LogP contribution in [0.5, 0.6) is 0 Å². The molecule has 1 aliphatic rings. The van der Waals surface area contributed by atoms with E-state index in [-0.39, 0.29) is 17.9 Å². The topological polar surface area (TPSA) is 75.2 Å². The van der Waals surface area contributed by atoms with E-state index in [4.69, 9.17) is 0 Å². The Morgan fingerprint density at radius 1 is 1.20 bits per heavy atom. The van der Waals surface area contributed by atoms with E-state index in [1.807, 2.05) is 43.9 Å². The molecule has 160 valence electrons. The lowest BCUT2D eigenvalue weighted by Crippen LogP contribution is -2.55. The van der Waals surface area contributed by atoms with Gasteiger partial charge in [-0.3, -0.25) is 9.59 Å². The molecule has 1 N–H and O–H groups in total. The average Bonchev–Trinajstić information content (AvgIpc) is 2.74. The maximum atomic E-state index is 13.4. The molecule has 1 aromatic heterocycles. The van der Waals surface area contributed by atoms with E-state index in [0.29, 0.717) is 19.4 Å². The third-order valence-electron chi connectivity index (χ3n) is 5.71. The van der Waals surface area contributed by atoms with Gasteiger partial charge in [0.15, 0.2) is 0 Å². The fraction of sp³-hybridized carbons (Fsp3) is 0.500. The Kier molecular flexibility index (Phi) is 7.19. The highest BCUT2D eigenvalue weighted by Gasteiger charge is 2.43. The van der Waals surface area contributed by atoms with Gasteiger partial charge in [0.05, 0.1) is 5.41 Å². The first-order valence-electron chi connectivity index (χ1n) is 10.9. The summed E-state index contributed by atoms with van der Waals surface area (Å²) in [6.45, 7) is 7.15. The summed E-state index contributed by atoms with van der Waals surface area (Å²) >= 11 is 0. The molecule has 0 bridgehead atoms. The van der Waals surface area contributed by atoms with Crippen molar-refractivity contribution in [3.8, 4) is 11.1 Å². The Bertz CT molecular complexity index is 869. The Balaban J connectivity index is 1.97. The standard InChI is InChI=1S/C24H32N4O2/c1-4-8-22(29)28-12-7-11-24(16-28,23(30)27-18(2)3)13-19-9-5-6-10-21(19)20-14-25-17-26-15-20/h5-6,9-10,14-15,17-18H,4,7-8,11-13,16H2,1-3H3,(H,27,30). The number of nitrogens with zero attached hydrogens (tertiary/aromatic N) is 3. The molecule has 2 aromatic rings. The third kappa shape index (κ3) is 5.04. The molecule has 0 saturated carbocycles. The predicted molar refractivity (Wildman–Crippen MR) is 118 cm³/mol. The average molecular weight is 409 g/mol. The van der Waals surface area contributed by atoms with Gasteiger partial charge >= 0.3 is 0 Å². The normalized spacial score (nSPS) is 19.0. The maximum Gasteiger partial charge on any atom is 0.228 e.